The van der Waals surface area contributed by atoms with Gasteiger partial charge in [0.05, 0.1) is 13.2 Å². The van der Waals surface area contributed by atoms with Gasteiger partial charge in [0.1, 0.15) is 10.7 Å². The Morgan fingerprint density at radius 1 is 1.35 bits per heavy atom. The van der Waals surface area contributed by atoms with Crippen LogP contribution in [-0.4, -0.2) is 52.7 Å². The Bertz CT molecular complexity index is 559. The Balaban J connectivity index is 1.93. The number of rotatable bonds is 5. The van der Waals surface area contributed by atoms with Crippen molar-refractivity contribution in [3.63, 3.8) is 0 Å². The smallest absolute Gasteiger partial charge is 0.243 e. The van der Waals surface area contributed by atoms with Crippen molar-refractivity contribution in [3.8, 4) is 0 Å². The Hall–Kier alpha value is -1.22. The third-order valence-corrected chi connectivity index (χ3v) is 4.56. The topological polar surface area (TPSA) is 84.7 Å². The van der Waals surface area contributed by atoms with E-state index in [1.807, 2.05) is 0 Å². The fraction of sp³-hybridized carbons (Fsp3) is 0.500. The number of ether oxygens (including phenoxy) is 1. The Labute approximate surface area is 117 Å². The van der Waals surface area contributed by atoms with E-state index >= 15 is 0 Å². The Morgan fingerprint density at radius 3 is 2.70 bits per heavy atom. The van der Waals surface area contributed by atoms with Crippen LogP contribution in [0.3, 0.4) is 0 Å². The van der Waals surface area contributed by atoms with Crippen molar-refractivity contribution in [1.82, 2.24) is 9.62 Å². The van der Waals surface area contributed by atoms with Gasteiger partial charge in [0.25, 0.3) is 0 Å². The number of nitrogens with zero attached hydrogens (tertiary/aromatic N) is 1. The molecule has 0 aromatic heterocycles. The zero-order valence-electron chi connectivity index (χ0n) is 11.0. The Morgan fingerprint density at radius 2 is 2.05 bits per heavy atom. The van der Waals surface area contributed by atoms with Crippen LogP contribution in [-0.2, 0) is 14.8 Å². The number of halogens is 1. The van der Waals surface area contributed by atoms with E-state index in [0.29, 0.717) is 19.8 Å². The summed E-state index contributed by atoms with van der Waals surface area (Å²) in [5.74, 6) is -0.844. The van der Waals surface area contributed by atoms with Crippen LogP contribution in [0, 0.1) is 5.82 Å². The lowest BCUT2D eigenvalue weighted by Crippen LogP contribution is -2.41. The van der Waals surface area contributed by atoms with Gasteiger partial charge in [-0.1, -0.05) is 0 Å². The monoisotopic (exact) mass is 303 g/mol. The molecule has 0 bridgehead atoms. The molecule has 112 valence electrons. The SMILES string of the molecule is Nc1ccc(S(=O)(=O)NCCN2CCOCC2)c(F)c1. The van der Waals surface area contributed by atoms with Crippen LogP contribution in [0.1, 0.15) is 0 Å². The van der Waals surface area contributed by atoms with Crippen LogP contribution in [0.15, 0.2) is 23.1 Å². The van der Waals surface area contributed by atoms with Crippen LogP contribution in [0.25, 0.3) is 0 Å². The van der Waals surface area contributed by atoms with Gasteiger partial charge >= 0.3 is 0 Å². The lowest BCUT2D eigenvalue weighted by Gasteiger charge is -2.26. The summed E-state index contributed by atoms with van der Waals surface area (Å²) in [7, 11) is -3.85. The molecule has 1 saturated heterocycles. The van der Waals surface area contributed by atoms with Crippen molar-refractivity contribution in [1.29, 1.82) is 0 Å². The first-order valence-electron chi connectivity index (χ1n) is 6.34. The van der Waals surface area contributed by atoms with Gasteiger partial charge in [-0.2, -0.15) is 0 Å². The average molecular weight is 303 g/mol. The molecule has 0 aliphatic carbocycles. The summed E-state index contributed by atoms with van der Waals surface area (Å²) < 4.78 is 45.1. The van der Waals surface area contributed by atoms with Gasteiger partial charge in [-0.05, 0) is 18.2 Å². The van der Waals surface area contributed by atoms with Crippen molar-refractivity contribution >= 4 is 15.7 Å². The van der Waals surface area contributed by atoms with E-state index in [0.717, 1.165) is 19.2 Å². The number of hydrogen-bond donors (Lipinski definition) is 2. The van der Waals surface area contributed by atoms with E-state index in [1.165, 1.54) is 12.1 Å². The van der Waals surface area contributed by atoms with Gasteiger partial charge in [0.2, 0.25) is 10.0 Å². The average Bonchev–Trinajstić information content (AvgIpc) is 2.39. The minimum absolute atomic E-state index is 0.190. The van der Waals surface area contributed by atoms with Crippen molar-refractivity contribution in [2.75, 3.05) is 45.1 Å². The molecule has 8 heteroatoms. The van der Waals surface area contributed by atoms with Crippen LogP contribution in [0.5, 0.6) is 0 Å². The number of nitrogens with two attached hydrogens (primary N) is 1. The molecule has 0 spiro atoms. The second-order valence-electron chi connectivity index (χ2n) is 4.54. The zero-order valence-corrected chi connectivity index (χ0v) is 11.8. The zero-order chi connectivity index (χ0) is 14.6. The number of morpholine rings is 1. The molecule has 0 radical (unpaired) electrons. The summed E-state index contributed by atoms with van der Waals surface area (Å²) in [5, 5.41) is 0. The van der Waals surface area contributed by atoms with Gasteiger partial charge < -0.3 is 10.5 Å². The first-order valence-corrected chi connectivity index (χ1v) is 7.82. The maximum absolute atomic E-state index is 13.6. The highest BCUT2D eigenvalue weighted by atomic mass is 32.2. The molecular weight excluding hydrogens is 285 g/mol. The summed E-state index contributed by atoms with van der Waals surface area (Å²) in [4.78, 5) is 1.71. The normalized spacial score (nSPS) is 17.2. The summed E-state index contributed by atoms with van der Waals surface area (Å²) >= 11 is 0. The third kappa shape index (κ3) is 3.89. The highest BCUT2D eigenvalue weighted by molar-refractivity contribution is 7.89. The maximum Gasteiger partial charge on any atom is 0.243 e. The molecule has 1 aromatic rings. The van der Waals surface area contributed by atoms with Crippen molar-refractivity contribution < 1.29 is 17.5 Å². The minimum atomic E-state index is -3.85. The fourth-order valence-electron chi connectivity index (χ4n) is 1.98. The summed E-state index contributed by atoms with van der Waals surface area (Å²) in [6.07, 6.45) is 0. The molecule has 0 atom stereocenters. The number of sulfonamides is 1. The lowest BCUT2D eigenvalue weighted by atomic mass is 10.3. The molecule has 1 fully saturated rings. The minimum Gasteiger partial charge on any atom is -0.399 e. The molecule has 0 unspecified atom stereocenters. The summed E-state index contributed by atoms with van der Waals surface area (Å²) in [6.45, 7) is 3.65. The number of hydrogen-bond acceptors (Lipinski definition) is 5. The molecule has 1 aromatic carbocycles. The van der Waals surface area contributed by atoms with Crippen LogP contribution in [0.2, 0.25) is 0 Å². The van der Waals surface area contributed by atoms with Gasteiger partial charge in [-0.3, -0.25) is 4.90 Å². The second kappa shape index (κ2) is 6.49. The molecule has 1 heterocycles. The highest BCUT2D eigenvalue weighted by Gasteiger charge is 2.19. The quantitative estimate of drug-likeness (QED) is 0.749. The number of nitrogen functional groups attached to an aromatic ring is 1. The summed E-state index contributed by atoms with van der Waals surface area (Å²) in [6, 6.07) is 3.53. The van der Waals surface area contributed by atoms with E-state index in [-0.39, 0.29) is 17.1 Å². The molecule has 0 amide bonds. The van der Waals surface area contributed by atoms with Crippen LogP contribution in [0.4, 0.5) is 10.1 Å². The van der Waals surface area contributed by atoms with E-state index in [9.17, 15) is 12.8 Å². The molecule has 0 saturated carbocycles. The van der Waals surface area contributed by atoms with E-state index in [4.69, 9.17) is 10.5 Å². The van der Waals surface area contributed by atoms with E-state index in [1.54, 1.807) is 0 Å². The second-order valence-corrected chi connectivity index (χ2v) is 6.28. The number of anilines is 1. The maximum atomic E-state index is 13.6. The van der Waals surface area contributed by atoms with Crippen molar-refractivity contribution in [2.24, 2.45) is 0 Å². The molecule has 1 aliphatic rings. The molecule has 3 N–H and O–H groups in total. The lowest BCUT2D eigenvalue weighted by molar-refractivity contribution is 0.0390. The molecule has 6 nitrogen and oxygen atoms in total. The number of benzene rings is 1. The van der Waals surface area contributed by atoms with Crippen molar-refractivity contribution in [3.05, 3.63) is 24.0 Å². The van der Waals surface area contributed by atoms with Gasteiger partial charge in [-0.15, -0.1) is 0 Å². The van der Waals surface area contributed by atoms with Crippen LogP contribution >= 0.6 is 0 Å². The van der Waals surface area contributed by atoms with Gasteiger partial charge in [0, 0.05) is 31.9 Å². The van der Waals surface area contributed by atoms with Crippen molar-refractivity contribution in [2.45, 2.75) is 4.90 Å². The standard InChI is InChI=1S/C12H18FN3O3S/c13-11-9-10(14)1-2-12(11)20(17,18)15-3-4-16-5-7-19-8-6-16/h1-2,9,15H,3-8,14H2. The molecular formula is C12H18FN3O3S. The molecule has 2 rings (SSSR count). The number of nitrogens with one attached hydrogen (secondary N) is 1. The highest BCUT2D eigenvalue weighted by Crippen LogP contribution is 2.16. The largest absolute Gasteiger partial charge is 0.399 e. The predicted molar refractivity (Wildman–Crippen MR) is 73.3 cm³/mol. The summed E-state index contributed by atoms with van der Waals surface area (Å²) in [5.41, 5.74) is 5.58. The van der Waals surface area contributed by atoms with Crippen LogP contribution < -0.4 is 10.5 Å². The van der Waals surface area contributed by atoms with E-state index < -0.39 is 15.8 Å². The molecule has 20 heavy (non-hydrogen) atoms. The van der Waals surface area contributed by atoms with Gasteiger partial charge in [0.15, 0.2) is 0 Å². The van der Waals surface area contributed by atoms with Gasteiger partial charge in [-0.25, -0.2) is 17.5 Å². The third-order valence-electron chi connectivity index (χ3n) is 3.07. The first-order chi connectivity index (χ1) is 9.49. The molecule has 1 aliphatic heterocycles. The Kier molecular flexibility index (Phi) is 4.92. The van der Waals surface area contributed by atoms with E-state index in [2.05, 4.69) is 9.62 Å². The predicted octanol–water partition coefficient (Wildman–Crippen LogP) is 0.0184. The fourth-order valence-corrected chi connectivity index (χ4v) is 3.05. The first kappa shape index (κ1) is 15.2.